The van der Waals surface area contributed by atoms with Crippen molar-refractivity contribution in [1.29, 1.82) is 0 Å². The molecular weight excluding hydrogens is 218 g/mol. The number of nitrogens with two attached hydrogens (primary N) is 1. The standard InChI is InChI=1S/C12H23N3O2/c1-8(7-16-2)14-12(13)15-10-6-11-9(10)4-3-5-17-11/h8-11H,3-7H2,1-2H3,(H3,13,14,15). The predicted octanol–water partition coefficient (Wildman–Crippen LogP) is 0.493. The van der Waals surface area contributed by atoms with Crippen LogP contribution in [0.15, 0.2) is 4.99 Å². The van der Waals surface area contributed by atoms with E-state index in [0.29, 0.717) is 30.6 Å². The summed E-state index contributed by atoms with van der Waals surface area (Å²) in [5.41, 5.74) is 5.88. The molecule has 98 valence electrons. The smallest absolute Gasteiger partial charge is 0.189 e. The molecule has 1 aliphatic heterocycles. The minimum atomic E-state index is 0.197. The second-order valence-electron chi connectivity index (χ2n) is 5.03. The van der Waals surface area contributed by atoms with Crippen LogP contribution >= 0.6 is 0 Å². The van der Waals surface area contributed by atoms with Crippen molar-refractivity contribution in [1.82, 2.24) is 5.32 Å². The highest BCUT2D eigenvalue weighted by Crippen LogP contribution is 2.39. The lowest BCUT2D eigenvalue weighted by molar-refractivity contribution is -0.0938. The van der Waals surface area contributed by atoms with E-state index in [1.54, 1.807) is 7.11 Å². The Hall–Kier alpha value is -0.810. The maximum absolute atomic E-state index is 5.88. The number of fused-ring (bicyclic) bond motifs is 1. The number of hydrogen-bond donors (Lipinski definition) is 2. The van der Waals surface area contributed by atoms with Gasteiger partial charge in [-0.3, -0.25) is 0 Å². The summed E-state index contributed by atoms with van der Waals surface area (Å²) < 4.78 is 10.7. The molecule has 1 aliphatic carbocycles. The number of ether oxygens (including phenoxy) is 2. The van der Waals surface area contributed by atoms with Crippen LogP contribution < -0.4 is 11.1 Å². The maximum atomic E-state index is 5.88. The molecule has 1 heterocycles. The first kappa shape index (κ1) is 12.6. The molecule has 4 unspecified atom stereocenters. The largest absolute Gasteiger partial charge is 0.383 e. The van der Waals surface area contributed by atoms with Crippen LogP contribution in [0.1, 0.15) is 26.2 Å². The SMILES string of the molecule is COCC(C)NC(N)=NC1CC2OCCCC12. The third kappa shape index (κ3) is 3.10. The van der Waals surface area contributed by atoms with Gasteiger partial charge < -0.3 is 20.5 Å². The molecule has 0 aromatic carbocycles. The lowest BCUT2D eigenvalue weighted by Gasteiger charge is -2.45. The highest BCUT2D eigenvalue weighted by atomic mass is 16.5. The van der Waals surface area contributed by atoms with Gasteiger partial charge in [0.05, 0.1) is 18.8 Å². The van der Waals surface area contributed by atoms with Gasteiger partial charge in [-0.05, 0) is 26.2 Å². The van der Waals surface area contributed by atoms with Crippen LogP contribution in [0.5, 0.6) is 0 Å². The topological polar surface area (TPSA) is 68.9 Å². The van der Waals surface area contributed by atoms with E-state index in [2.05, 4.69) is 10.3 Å². The van der Waals surface area contributed by atoms with Crippen molar-refractivity contribution in [2.24, 2.45) is 16.6 Å². The van der Waals surface area contributed by atoms with Gasteiger partial charge in [0.1, 0.15) is 0 Å². The van der Waals surface area contributed by atoms with Crippen molar-refractivity contribution in [3.05, 3.63) is 0 Å². The monoisotopic (exact) mass is 241 g/mol. The summed E-state index contributed by atoms with van der Waals surface area (Å²) in [6.07, 6.45) is 3.83. The fraction of sp³-hybridized carbons (Fsp3) is 0.917. The normalized spacial score (nSPS) is 34.7. The summed E-state index contributed by atoms with van der Waals surface area (Å²) in [5.74, 6) is 1.12. The second kappa shape index (κ2) is 5.69. The molecule has 0 aromatic rings. The molecule has 5 heteroatoms. The lowest BCUT2D eigenvalue weighted by atomic mass is 9.73. The van der Waals surface area contributed by atoms with E-state index in [0.717, 1.165) is 19.4 Å². The average molecular weight is 241 g/mol. The Balaban J connectivity index is 1.79. The van der Waals surface area contributed by atoms with E-state index >= 15 is 0 Å². The van der Waals surface area contributed by atoms with Gasteiger partial charge in [0.15, 0.2) is 5.96 Å². The predicted molar refractivity (Wildman–Crippen MR) is 67.0 cm³/mol. The van der Waals surface area contributed by atoms with Gasteiger partial charge in [0, 0.05) is 25.7 Å². The molecule has 0 radical (unpaired) electrons. The van der Waals surface area contributed by atoms with Crippen LogP contribution in [-0.4, -0.2) is 44.5 Å². The van der Waals surface area contributed by atoms with E-state index in [1.807, 2.05) is 6.92 Å². The van der Waals surface area contributed by atoms with Crippen LogP contribution in [-0.2, 0) is 9.47 Å². The molecular formula is C12H23N3O2. The van der Waals surface area contributed by atoms with E-state index in [-0.39, 0.29) is 6.04 Å². The van der Waals surface area contributed by atoms with Crippen molar-refractivity contribution < 1.29 is 9.47 Å². The molecule has 0 spiro atoms. The first-order valence-corrected chi connectivity index (χ1v) is 6.41. The Morgan fingerprint density at radius 1 is 1.65 bits per heavy atom. The number of nitrogens with zero attached hydrogens (tertiary/aromatic N) is 1. The van der Waals surface area contributed by atoms with Gasteiger partial charge in [-0.2, -0.15) is 0 Å². The van der Waals surface area contributed by atoms with Crippen molar-refractivity contribution in [3.8, 4) is 0 Å². The van der Waals surface area contributed by atoms with Crippen molar-refractivity contribution in [3.63, 3.8) is 0 Å². The Morgan fingerprint density at radius 3 is 3.18 bits per heavy atom. The Labute approximate surface area is 103 Å². The molecule has 2 rings (SSSR count). The Morgan fingerprint density at radius 2 is 2.47 bits per heavy atom. The first-order chi connectivity index (χ1) is 8.20. The summed E-state index contributed by atoms with van der Waals surface area (Å²) in [5, 5.41) is 3.14. The van der Waals surface area contributed by atoms with Crippen LogP contribution in [0.3, 0.4) is 0 Å². The third-order valence-corrected chi connectivity index (χ3v) is 3.58. The molecule has 2 aliphatic rings. The molecule has 0 bridgehead atoms. The third-order valence-electron chi connectivity index (χ3n) is 3.58. The number of methoxy groups -OCH3 is 1. The second-order valence-corrected chi connectivity index (χ2v) is 5.03. The molecule has 0 aromatic heterocycles. The number of hydrogen-bond acceptors (Lipinski definition) is 3. The summed E-state index contributed by atoms with van der Waals surface area (Å²) in [4.78, 5) is 4.54. The number of aliphatic imine (C=N–C) groups is 1. The first-order valence-electron chi connectivity index (χ1n) is 6.41. The highest BCUT2D eigenvalue weighted by molar-refractivity contribution is 5.78. The fourth-order valence-corrected chi connectivity index (χ4v) is 2.67. The van der Waals surface area contributed by atoms with Crippen molar-refractivity contribution in [2.45, 2.75) is 44.4 Å². The summed E-state index contributed by atoms with van der Waals surface area (Å²) >= 11 is 0. The van der Waals surface area contributed by atoms with Gasteiger partial charge in [-0.25, -0.2) is 4.99 Å². The minimum Gasteiger partial charge on any atom is -0.383 e. The fourth-order valence-electron chi connectivity index (χ4n) is 2.67. The quantitative estimate of drug-likeness (QED) is 0.555. The molecule has 17 heavy (non-hydrogen) atoms. The van der Waals surface area contributed by atoms with Crippen LogP contribution in [0.2, 0.25) is 0 Å². The summed E-state index contributed by atoms with van der Waals surface area (Å²) in [6, 6.07) is 0.546. The van der Waals surface area contributed by atoms with Gasteiger partial charge in [-0.1, -0.05) is 0 Å². The molecule has 4 atom stereocenters. The molecule has 1 saturated heterocycles. The van der Waals surface area contributed by atoms with E-state index in [9.17, 15) is 0 Å². The minimum absolute atomic E-state index is 0.197. The van der Waals surface area contributed by atoms with Crippen molar-refractivity contribution >= 4 is 5.96 Å². The molecule has 5 nitrogen and oxygen atoms in total. The zero-order valence-electron chi connectivity index (χ0n) is 10.7. The number of nitrogens with one attached hydrogen (secondary N) is 1. The van der Waals surface area contributed by atoms with Gasteiger partial charge in [-0.15, -0.1) is 0 Å². The molecule has 1 saturated carbocycles. The van der Waals surface area contributed by atoms with Crippen LogP contribution in [0.25, 0.3) is 0 Å². The van der Waals surface area contributed by atoms with Gasteiger partial charge in [0.2, 0.25) is 0 Å². The maximum Gasteiger partial charge on any atom is 0.189 e. The van der Waals surface area contributed by atoms with E-state index in [4.69, 9.17) is 15.2 Å². The molecule has 0 amide bonds. The van der Waals surface area contributed by atoms with E-state index < -0.39 is 0 Å². The highest BCUT2D eigenvalue weighted by Gasteiger charge is 2.43. The Bertz CT molecular complexity index is 283. The van der Waals surface area contributed by atoms with Crippen LogP contribution in [0.4, 0.5) is 0 Å². The molecule has 3 N–H and O–H groups in total. The number of rotatable bonds is 4. The Kier molecular flexibility index (Phi) is 4.23. The number of guanidine groups is 1. The lowest BCUT2D eigenvalue weighted by Crippen LogP contribution is -2.51. The summed E-state index contributed by atoms with van der Waals surface area (Å²) in [6.45, 7) is 3.57. The molecule has 2 fully saturated rings. The van der Waals surface area contributed by atoms with Gasteiger partial charge >= 0.3 is 0 Å². The average Bonchev–Trinajstić information content (AvgIpc) is 2.26. The van der Waals surface area contributed by atoms with E-state index in [1.165, 1.54) is 6.42 Å². The van der Waals surface area contributed by atoms with Crippen molar-refractivity contribution in [2.75, 3.05) is 20.3 Å². The summed E-state index contributed by atoms with van der Waals surface area (Å²) in [7, 11) is 1.68. The van der Waals surface area contributed by atoms with Crippen LogP contribution in [0, 0.1) is 5.92 Å². The zero-order chi connectivity index (χ0) is 12.3. The zero-order valence-corrected chi connectivity index (χ0v) is 10.7. The van der Waals surface area contributed by atoms with Gasteiger partial charge in [0.25, 0.3) is 0 Å².